The van der Waals surface area contributed by atoms with Crippen LogP contribution in [-0.2, 0) is 10.2 Å². The minimum Gasteiger partial charge on any atom is -0.411 e. The molecule has 94 valence electrons. The summed E-state index contributed by atoms with van der Waals surface area (Å²) < 4.78 is 27.9. The number of thiazole rings is 1. The first-order valence-corrected chi connectivity index (χ1v) is 7.31. The lowest BCUT2D eigenvalue weighted by Gasteiger charge is -2.04. The maximum Gasteiger partial charge on any atom is 0.301 e. The highest BCUT2D eigenvalue weighted by atomic mass is 32.2. The fourth-order valence-corrected chi connectivity index (χ4v) is 3.23. The van der Waals surface area contributed by atoms with Gasteiger partial charge in [0.15, 0.2) is 5.13 Å². The number of hydrogen-bond acceptors (Lipinski definition) is 6. The van der Waals surface area contributed by atoms with E-state index in [1.165, 1.54) is 0 Å². The molecule has 7 nitrogen and oxygen atoms in total. The molecule has 0 aliphatic heterocycles. The van der Waals surface area contributed by atoms with Crippen LogP contribution >= 0.6 is 11.3 Å². The van der Waals surface area contributed by atoms with Crippen LogP contribution in [0.2, 0.25) is 0 Å². The number of nitrogens with one attached hydrogen (secondary N) is 2. The molecule has 1 aromatic rings. The van der Waals surface area contributed by atoms with Gasteiger partial charge in [-0.3, -0.25) is 0 Å². The normalized spacial score (nSPS) is 17.1. The standard InChI is InChI=1S/C8H12N4O3S2/c1-5(10-13)7-4-16-8(9-7)12-17(14,15)11-6-2-3-6/h4,6,11,13H,2-3H2,1H3,(H,9,12). The van der Waals surface area contributed by atoms with Crippen molar-refractivity contribution < 1.29 is 13.6 Å². The van der Waals surface area contributed by atoms with Crippen molar-refractivity contribution in [3.63, 3.8) is 0 Å². The third-order valence-electron chi connectivity index (χ3n) is 2.15. The van der Waals surface area contributed by atoms with E-state index < -0.39 is 10.2 Å². The summed E-state index contributed by atoms with van der Waals surface area (Å²) in [6, 6.07) is 0.0488. The van der Waals surface area contributed by atoms with Crippen molar-refractivity contribution >= 4 is 32.4 Å². The van der Waals surface area contributed by atoms with Crippen molar-refractivity contribution in [1.29, 1.82) is 0 Å². The number of anilines is 1. The minimum atomic E-state index is -3.54. The summed E-state index contributed by atoms with van der Waals surface area (Å²) in [6.07, 6.45) is 1.75. The second-order valence-electron chi connectivity index (χ2n) is 3.72. The number of rotatable bonds is 5. The predicted molar refractivity (Wildman–Crippen MR) is 64.8 cm³/mol. The highest BCUT2D eigenvalue weighted by Crippen LogP contribution is 2.21. The second-order valence-corrected chi connectivity index (χ2v) is 6.03. The van der Waals surface area contributed by atoms with Crippen LogP contribution in [0, 0.1) is 0 Å². The lowest BCUT2D eigenvalue weighted by molar-refractivity contribution is 0.319. The highest BCUT2D eigenvalue weighted by molar-refractivity contribution is 7.91. The topological polar surface area (TPSA) is 104 Å². The maximum absolute atomic E-state index is 11.6. The Balaban J connectivity index is 2.05. The Bertz CT molecular complexity index is 533. The van der Waals surface area contributed by atoms with Crippen molar-refractivity contribution in [2.45, 2.75) is 25.8 Å². The molecule has 9 heteroatoms. The molecule has 0 saturated heterocycles. The van der Waals surface area contributed by atoms with Crippen LogP contribution in [0.5, 0.6) is 0 Å². The fourth-order valence-electron chi connectivity index (χ4n) is 1.10. The van der Waals surface area contributed by atoms with Crippen molar-refractivity contribution in [2.24, 2.45) is 5.16 Å². The van der Waals surface area contributed by atoms with Gasteiger partial charge in [0.1, 0.15) is 11.4 Å². The Morgan fingerprint density at radius 2 is 2.35 bits per heavy atom. The van der Waals surface area contributed by atoms with Crippen LogP contribution in [0.25, 0.3) is 0 Å². The van der Waals surface area contributed by atoms with E-state index in [1.54, 1.807) is 12.3 Å². The van der Waals surface area contributed by atoms with Crippen LogP contribution in [0.1, 0.15) is 25.5 Å². The maximum atomic E-state index is 11.6. The van der Waals surface area contributed by atoms with Gasteiger partial charge in [-0.05, 0) is 19.8 Å². The Morgan fingerprint density at radius 1 is 1.65 bits per heavy atom. The van der Waals surface area contributed by atoms with Crippen LogP contribution in [0.4, 0.5) is 5.13 Å². The van der Waals surface area contributed by atoms with Crippen molar-refractivity contribution in [3.8, 4) is 0 Å². The molecule has 0 bridgehead atoms. The van der Waals surface area contributed by atoms with Crippen molar-refractivity contribution in [2.75, 3.05) is 4.72 Å². The minimum absolute atomic E-state index is 0.0488. The van der Waals surface area contributed by atoms with Gasteiger partial charge in [0.05, 0.1) is 0 Å². The number of nitrogens with zero attached hydrogens (tertiary/aromatic N) is 2. The molecular formula is C8H12N4O3S2. The first-order chi connectivity index (χ1) is 8.00. The van der Waals surface area contributed by atoms with Gasteiger partial charge < -0.3 is 5.21 Å². The molecule has 1 heterocycles. The monoisotopic (exact) mass is 276 g/mol. The Kier molecular flexibility index (Phi) is 3.31. The van der Waals surface area contributed by atoms with Gasteiger partial charge in [0.2, 0.25) is 0 Å². The van der Waals surface area contributed by atoms with Gasteiger partial charge in [-0.1, -0.05) is 5.16 Å². The number of oxime groups is 1. The Labute approximate surface area is 103 Å². The van der Waals surface area contributed by atoms with Gasteiger partial charge in [-0.25, -0.2) is 9.71 Å². The lowest BCUT2D eigenvalue weighted by atomic mass is 10.3. The van der Waals surface area contributed by atoms with Crippen LogP contribution < -0.4 is 9.44 Å². The molecule has 0 spiro atoms. The van der Waals surface area contributed by atoms with Crippen LogP contribution in [-0.4, -0.2) is 30.4 Å². The zero-order chi connectivity index (χ0) is 12.5. The van der Waals surface area contributed by atoms with Gasteiger partial charge >= 0.3 is 10.2 Å². The van der Waals surface area contributed by atoms with Crippen molar-refractivity contribution in [3.05, 3.63) is 11.1 Å². The molecule has 1 aromatic heterocycles. The third-order valence-corrected chi connectivity index (χ3v) is 4.14. The third kappa shape index (κ3) is 3.38. The van der Waals surface area contributed by atoms with Gasteiger partial charge in [0.25, 0.3) is 0 Å². The molecule has 1 saturated carbocycles. The summed E-state index contributed by atoms with van der Waals surface area (Å²) in [5.41, 5.74) is 0.781. The molecule has 17 heavy (non-hydrogen) atoms. The molecule has 1 fully saturated rings. The van der Waals surface area contributed by atoms with Gasteiger partial charge in [0, 0.05) is 11.4 Å². The molecular weight excluding hydrogens is 264 g/mol. The lowest BCUT2D eigenvalue weighted by Crippen LogP contribution is -2.31. The van der Waals surface area contributed by atoms with Gasteiger partial charge in [-0.15, -0.1) is 11.3 Å². The first kappa shape index (κ1) is 12.3. The van der Waals surface area contributed by atoms with Crippen LogP contribution in [0.15, 0.2) is 10.5 Å². The fraction of sp³-hybridized carbons (Fsp3) is 0.500. The smallest absolute Gasteiger partial charge is 0.301 e. The van der Waals surface area contributed by atoms with Crippen molar-refractivity contribution in [1.82, 2.24) is 9.71 Å². The zero-order valence-corrected chi connectivity index (χ0v) is 10.7. The molecule has 0 aromatic carbocycles. The summed E-state index contributed by atoms with van der Waals surface area (Å²) in [6.45, 7) is 1.58. The van der Waals surface area contributed by atoms with E-state index in [9.17, 15) is 8.42 Å². The summed E-state index contributed by atoms with van der Waals surface area (Å²) in [7, 11) is -3.54. The molecule has 0 amide bonds. The summed E-state index contributed by atoms with van der Waals surface area (Å²) in [5, 5.41) is 13.4. The average molecular weight is 276 g/mol. The molecule has 0 radical (unpaired) electrons. The largest absolute Gasteiger partial charge is 0.411 e. The molecule has 2 rings (SSSR count). The van der Waals surface area contributed by atoms with E-state index >= 15 is 0 Å². The molecule has 0 atom stereocenters. The highest BCUT2D eigenvalue weighted by Gasteiger charge is 2.27. The average Bonchev–Trinajstić information content (AvgIpc) is 2.93. The first-order valence-electron chi connectivity index (χ1n) is 4.95. The summed E-state index contributed by atoms with van der Waals surface area (Å²) >= 11 is 1.13. The van der Waals surface area contributed by atoms with E-state index in [2.05, 4.69) is 19.6 Å². The van der Waals surface area contributed by atoms with Crippen LogP contribution in [0.3, 0.4) is 0 Å². The van der Waals surface area contributed by atoms with E-state index in [0.29, 0.717) is 11.4 Å². The quantitative estimate of drug-likeness (QED) is 0.419. The summed E-state index contributed by atoms with van der Waals surface area (Å²) in [5.74, 6) is 0. The zero-order valence-electron chi connectivity index (χ0n) is 9.04. The van der Waals surface area contributed by atoms with E-state index in [1.807, 2.05) is 0 Å². The Morgan fingerprint density at radius 3 is 2.94 bits per heavy atom. The second kappa shape index (κ2) is 4.59. The van der Waals surface area contributed by atoms with E-state index in [4.69, 9.17) is 5.21 Å². The number of aromatic nitrogens is 1. The number of hydrogen-bond donors (Lipinski definition) is 3. The SMILES string of the molecule is CC(=NO)c1csc(NS(=O)(=O)NC2CC2)n1. The molecule has 0 unspecified atom stereocenters. The van der Waals surface area contributed by atoms with E-state index in [-0.39, 0.29) is 11.2 Å². The predicted octanol–water partition coefficient (Wildman–Crippen LogP) is 0.750. The van der Waals surface area contributed by atoms with Gasteiger partial charge in [-0.2, -0.15) is 13.1 Å². The molecule has 3 N–H and O–H groups in total. The summed E-state index contributed by atoms with van der Waals surface area (Å²) in [4.78, 5) is 3.99. The Hall–Kier alpha value is -1.19. The molecule has 1 aliphatic carbocycles. The van der Waals surface area contributed by atoms with E-state index in [0.717, 1.165) is 24.2 Å². The molecule has 1 aliphatic rings.